The lowest BCUT2D eigenvalue weighted by molar-refractivity contribution is 0.0697. The fraction of sp³-hybridized carbons (Fsp3) is 0.111. The normalized spacial score (nSPS) is 10.7. The molecule has 1 aromatic heterocycles. The Morgan fingerprint density at radius 2 is 2.29 bits per heavy atom. The third kappa shape index (κ3) is 1.24. The van der Waals surface area contributed by atoms with Crippen LogP contribution in [0, 0.1) is 0 Å². The van der Waals surface area contributed by atoms with Crippen LogP contribution in [0.25, 0.3) is 11.0 Å². The van der Waals surface area contributed by atoms with Crippen LogP contribution >= 0.6 is 11.6 Å². The molecule has 0 atom stereocenters. The molecule has 0 bridgehead atoms. The lowest BCUT2D eigenvalue weighted by atomic mass is 10.2. The Balaban J connectivity index is 2.79. The van der Waals surface area contributed by atoms with E-state index in [0.29, 0.717) is 5.52 Å². The average molecular weight is 211 g/mol. The van der Waals surface area contributed by atoms with Gasteiger partial charge in [0.25, 0.3) is 0 Å². The minimum absolute atomic E-state index is 0.0814. The Morgan fingerprint density at radius 1 is 1.57 bits per heavy atom. The predicted octanol–water partition coefficient (Wildman–Crippen LogP) is 1.92. The molecule has 5 heteroatoms. The van der Waals surface area contributed by atoms with Crippen LogP contribution < -0.4 is 0 Å². The standard InChI is InChI=1S/C9H7ClN2O2/c1-12-4-11-7-2-5(9(13)14)6(10)3-8(7)12/h2-4H,1H3,(H,13,14). The summed E-state index contributed by atoms with van der Waals surface area (Å²) in [7, 11) is 1.83. The van der Waals surface area contributed by atoms with Crippen LogP contribution in [0.3, 0.4) is 0 Å². The van der Waals surface area contributed by atoms with Gasteiger partial charge in [0.2, 0.25) is 0 Å². The molecule has 0 amide bonds. The number of carboxylic acid groups (broad SMARTS) is 1. The molecule has 0 fully saturated rings. The molecule has 0 spiro atoms. The fourth-order valence-electron chi connectivity index (χ4n) is 1.31. The van der Waals surface area contributed by atoms with Crippen molar-refractivity contribution >= 4 is 28.6 Å². The van der Waals surface area contributed by atoms with Gasteiger partial charge in [0, 0.05) is 7.05 Å². The summed E-state index contributed by atoms with van der Waals surface area (Å²) in [6.45, 7) is 0. The van der Waals surface area contributed by atoms with Crippen LogP contribution in [0.1, 0.15) is 10.4 Å². The van der Waals surface area contributed by atoms with E-state index in [4.69, 9.17) is 16.7 Å². The lowest BCUT2D eigenvalue weighted by Gasteiger charge is -1.99. The van der Waals surface area contributed by atoms with Gasteiger partial charge in [0.15, 0.2) is 0 Å². The van der Waals surface area contributed by atoms with Gasteiger partial charge < -0.3 is 9.67 Å². The smallest absolute Gasteiger partial charge is 0.337 e. The summed E-state index contributed by atoms with van der Waals surface area (Å²) in [5.41, 5.74) is 1.53. The van der Waals surface area contributed by atoms with Crippen molar-refractivity contribution in [3.63, 3.8) is 0 Å². The quantitative estimate of drug-likeness (QED) is 0.783. The Morgan fingerprint density at radius 3 is 2.93 bits per heavy atom. The number of carboxylic acids is 1. The first-order valence-electron chi connectivity index (χ1n) is 3.93. The van der Waals surface area contributed by atoms with Crippen molar-refractivity contribution in [2.75, 3.05) is 0 Å². The average Bonchev–Trinajstić information content (AvgIpc) is 2.46. The summed E-state index contributed by atoms with van der Waals surface area (Å²) in [6.07, 6.45) is 1.62. The number of fused-ring (bicyclic) bond motifs is 1. The molecule has 0 saturated carbocycles. The van der Waals surface area contributed by atoms with E-state index >= 15 is 0 Å². The van der Waals surface area contributed by atoms with Crippen molar-refractivity contribution in [2.45, 2.75) is 0 Å². The molecule has 1 heterocycles. The second-order valence-corrected chi connectivity index (χ2v) is 3.39. The molecule has 0 aliphatic rings. The van der Waals surface area contributed by atoms with Gasteiger partial charge >= 0.3 is 5.97 Å². The van der Waals surface area contributed by atoms with Crippen LogP contribution in [0.15, 0.2) is 18.5 Å². The Labute approximate surface area is 84.7 Å². The third-order valence-electron chi connectivity index (χ3n) is 2.04. The molecule has 14 heavy (non-hydrogen) atoms. The van der Waals surface area contributed by atoms with E-state index in [9.17, 15) is 4.79 Å². The van der Waals surface area contributed by atoms with Gasteiger partial charge in [0.1, 0.15) is 0 Å². The summed E-state index contributed by atoms with van der Waals surface area (Å²) < 4.78 is 1.78. The number of benzene rings is 1. The molecule has 0 aliphatic carbocycles. The van der Waals surface area contributed by atoms with E-state index in [1.165, 1.54) is 6.07 Å². The molecule has 0 radical (unpaired) electrons. The number of hydrogen-bond acceptors (Lipinski definition) is 2. The third-order valence-corrected chi connectivity index (χ3v) is 2.36. The molecular weight excluding hydrogens is 204 g/mol. The zero-order chi connectivity index (χ0) is 10.3. The van der Waals surface area contributed by atoms with Crippen molar-refractivity contribution in [1.82, 2.24) is 9.55 Å². The molecular formula is C9H7ClN2O2. The number of hydrogen-bond donors (Lipinski definition) is 1. The van der Waals surface area contributed by atoms with Crippen LogP contribution in [0.4, 0.5) is 0 Å². The van der Waals surface area contributed by atoms with Crippen LogP contribution in [0.2, 0.25) is 5.02 Å². The van der Waals surface area contributed by atoms with Gasteiger partial charge in [-0.2, -0.15) is 0 Å². The lowest BCUT2D eigenvalue weighted by Crippen LogP contribution is -1.97. The number of rotatable bonds is 1. The number of nitrogens with zero attached hydrogens (tertiary/aromatic N) is 2. The molecule has 0 saturated heterocycles. The first kappa shape index (κ1) is 9.02. The maximum absolute atomic E-state index is 10.8. The Kier molecular flexibility index (Phi) is 1.93. The molecule has 1 aromatic carbocycles. The zero-order valence-electron chi connectivity index (χ0n) is 7.36. The summed E-state index contributed by atoms with van der Waals surface area (Å²) in [5.74, 6) is -1.04. The Bertz CT molecular complexity index is 519. The molecule has 2 rings (SSSR count). The maximum atomic E-state index is 10.8. The van der Waals surface area contributed by atoms with Crippen LogP contribution in [-0.4, -0.2) is 20.6 Å². The van der Waals surface area contributed by atoms with Gasteiger partial charge in [-0.25, -0.2) is 9.78 Å². The summed E-state index contributed by atoms with van der Waals surface area (Å²) in [6, 6.07) is 3.08. The van der Waals surface area contributed by atoms with Gasteiger partial charge in [-0.15, -0.1) is 0 Å². The van der Waals surface area contributed by atoms with Gasteiger partial charge in [-0.1, -0.05) is 11.6 Å². The highest BCUT2D eigenvalue weighted by Gasteiger charge is 2.11. The van der Waals surface area contributed by atoms with Crippen molar-refractivity contribution in [1.29, 1.82) is 0 Å². The number of aromatic nitrogens is 2. The van der Waals surface area contributed by atoms with Gasteiger partial charge in [-0.3, -0.25) is 0 Å². The number of carbonyl (C=O) groups is 1. The largest absolute Gasteiger partial charge is 0.478 e. The molecule has 2 aromatic rings. The highest BCUT2D eigenvalue weighted by atomic mass is 35.5. The summed E-state index contributed by atoms with van der Waals surface area (Å²) in [5, 5.41) is 9.04. The van der Waals surface area contributed by atoms with Gasteiger partial charge in [0.05, 0.1) is 27.9 Å². The molecule has 72 valence electrons. The first-order chi connectivity index (χ1) is 6.59. The number of halogens is 1. The SMILES string of the molecule is Cn1cnc2cc(C(=O)O)c(Cl)cc21. The number of aryl methyl sites for hydroxylation is 1. The minimum atomic E-state index is -1.04. The van der Waals surface area contributed by atoms with E-state index in [-0.39, 0.29) is 10.6 Å². The molecule has 4 nitrogen and oxygen atoms in total. The monoisotopic (exact) mass is 210 g/mol. The topological polar surface area (TPSA) is 55.1 Å². The molecule has 0 aliphatic heterocycles. The Hall–Kier alpha value is -1.55. The second kappa shape index (κ2) is 2.99. The number of aromatic carboxylic acids is 1. The van der Waals surface area contributed by atoms with Crippen LogP contribution in [0.5, 0.6) is 0 Å². The van der Waals surface area contributed by atoms with Crippen molar-refractivity contribution < 1.29 is 9.90 Å². The second-order valence-electron chi connectivity index (χ2n) is 2.98. The van der Waals surface area contributed by atoms with E-state index < -0.39 is 5.97 Å². The van der Waals surface area contributed by atoms with Crippen LogP contribution in [-0.2, 0) is 7.05 Å². The highest BCUT2D eigenvalue weighted by Crippen LogP contribution is 2.22. The predicted molar refractivity (Wildman–Crippen MR) is 52.7 cm³/mol. The van der Waals surface area contributed by atoms with Crippen molar-refractivity contribution in [3.05, 3.63) is 29.0 Å². The van der Waals surface area contributed by atoms with E-state index in [2.05, 4.69) is 4.98 Å². The van der Waals surface area contributed by atoms with Crippen molar-refractivity contribution in [3.8, 4) is 0 Å². The molecule has 1 N–H and O–H groups in total. The fourth-order valence-corrected chi connectivity index (χ4v) is 1.55. The maximum Gasteiger partial charge on any atom is 0.337 e. The first-order valence-corrected chi connectivity index (χ1v) is 4.31. The van der Waals surface area contributed by atoms with Crippen molar-refractivity contribution in [2.24, 2.45) is 7.05 Å². The van der Waals surface area contributed by atoms with Gasteiger partial charge in [-0.05, 0) is 12.1 Å². The minimum Gasteiger partial charge on any atom is -0.478 e. The number of imidazole rings is 1. The van der Waals surface area contributed by atoms with E-state index in [0.717, 1.165) is 5.52 Å². The molecule has 0 unspecified atom stereocenters. The van der Waals surface area contributed by atoms with E-state index in [1.54, 1.807) is 17.0 Å². The van der Waals surface area contributed by atoms with E-state index in [1.807, 2.05) is 7.05 Å². The summed E-state index contributed by atoms with van der Waals surface area (Å²) in [4.78, 5) is 14.8. The zero-order valence-corrected chi connectivity index (χ0v) is 8.12. The summed E-state index contributed by atoms with van der Waals surface area (Å²) >= 11 is 5.81. The highest BCUT2D eigenvalue weighted by molar-refractivity contribution is 6.34.